The van der Waals surface area contributed by atoms with E-state index in [1.807, 2.05) is 31.3 Å². The van der Waals surface area contributed by atoms with Gasteiger partial charge in [-0.2, -0.15) is 0 Å². The molecule has 1 atom stereocenters. The number of hydrogen-bond donors (Lipinski definition) is 1. The molecule has 3 rings (SSSR count). The van der Waals surface area contributed by atoms with E-state index < -0.39 is 6.10 Å². The van der Waals surface area contributed by atoms with Gasteiger partial charge in [0.25, 0.3) is 5.91 Å². The van der Waals surface area contributed by atoms with Crippen molar-refractivity contribution in [2.24, 2.45) is 0 Å². The standard InChI is InChI=1S/C15H17N3O2/c1-18-7-8-20-14(10-18)15(19)17-13-4-2-3-11-9-16-6-5-12(11)13/h2-6,9,14H,7-8,10H2,1H3,(H,17,19)/t14-/m1/s1. The SMILES string of the molecule is CN1CCO[C@@H](C(=O)Nc2cccc3cnccc23)C1. The third-order valence-corrected chi connectivity index (χ3v) is 3.50. The molecule has 20 heavy (non-hydrogen) atoms. The van der Waals surface area contributed by atoms with Gasteiger partial charge < -0.3 is 15.0 Å². The number of amides is 1. The van der Waals surface area contributed by atoms with E-state index in [9.17, 15) is 4.79 Å². The van der Waals surface area contributed by atoms with E-state index in [0.717, 1.165) is 23.0 Å². The molecular weight excluding hydrogens is 254 g/mol. The highest BCUT2D eigenvalue weighted by Gasteiger charge is 2.25. The van der Waals surface area contributed by atoms with E-state index in [2.05, 4.69) is 15.2 Å². The van der Waals surface area contributed by atoms with Gasteiger partial charge in [0.15, 0.2) is 0 Å². The summed E-state index contributed by atoms with van der Waals surface area (Å²) in [6, 6.07) is 7.68. The summed E-state index contributed by atoms with van der Waals surface area (Å²) in [5, 5.41) is 4.95. The summed E-state index contributed by atoms with van der Waals surface area (Å²) in [5.41, 5.74) is 0.798. The number of pyridine rings is 1. The highest BCUT2D eigenvalue weighted by Crippen LogP contribution is 2.22. The van der Waals surface area contributed by atoms with Crippen molar-refractivity contribution in [3.05, 3.63) is 36.7 Å². The van der Waals surface area contributed by atoms with Crippen LogP contribution in [0.2, 0.25) is 0 Å². The predicted molar refractivity (Wildman–Crippen MR) is 77.6 cm³/mol. The molecule has 104 valence electrons. The fourth-order valence-corrected chi connectivity index (χ4v) is 2.38. The van der Waals surface area contributed by atoms with Crippen molar-refractivity contribution in [1.82, 2.24) is 9.88 Å². The van der Waals surface area contributed by atoms with Gasteiger partial charge in [-0.15, -0.1) is 0 Å². The van der Waals surface area contributed by atoms with Gasteiger partial charge in [-0.3, -0.25) is 9.78 Å². The number of nitrogens with zero attached hydrogens (tertiary/aromatic N) is 2. The number of benzene rings is 1. The second-order valence-electron chi connectivity index (χ2n) is 5.01. The Morgan fingerprint density at radius 1 is 1.45 bits per heavy atom. The Morgan fingerprint density at radius 2 is 2.35 bits per heavy atom. The van der Waals surface area contributed by atoms with Crippen molar-refractivity contribution in [2.45, 2.75) is 6.10 Å². The summed E-state index contributed by atoms with van der Waals surface area (Å²) in [6.07, 6.45) is 3.10. The van der Waals surface area contributed by atoms with Crippen molar-refractivity contribution in [3.63, 3.8) is 0 Å². The summed E-state index contributed by atoms with van der Waals surface area (Å²) in [6.45, 7) is 2.08. The number of morpholine rings is 1. The second kappa shape index (κ2) is 5.56. The van der Waals surface area contributed by atoms with Crippen molar-refractivity contribution in [1.29, 1.82) is 0 Å². The molecule has 0 radical (unpaired) electrons. The zero-order chi connectivity index (χ0) is 13.9. The van der Waals surface area contributed by atoms with Gasteiger partial charge in [0.1, 0.15) is 6.10 Å². The highest BCUT2D eigenvalue weighted by atomic mass is 16.5. The summed E-state index contributed by atoms with van der Waals surface area (Å²) in [4.78, 5) is 18.5. The summed E-state index contributed by atoms with van der Waals surface area (Å²) in [7, 11) is 1.99. The van der Waals surface area contributed by atoms with Crippen LogP contribution in [-0.2, 0) is 9.53 Å². The molecule has 2 heterocycles. The van der Waals surface area contributed by atoms with Crippen LogP contribution in [0.25, 0.3) is 10.8 Å². The van der Waals surface area contributed by atoms with Gasteiger partial charge in [-0.05, 0) is 19.2 Å². The molecule has 0 spiro atoms. The Hall–Kier alpha value is -1.98. The van der Waals surface area contributed by atoms with Gasteiger partial charge in [0, 0.05) is 41.9 Å². The zero-order valence-electron chi connectivity index (χ0n) is 11.4. The van der Waals surface area contributed by atoms with Gasteiger partial charge in [0.05, 0.1) is 6.61 Å². The van der Waals surface area contributed by atoms with Crippen molar-refractivity contribution in [3.8, 4) is 0 Å². The van der Waals surface area contributed by atoms with Crippen LogP contribution in [0.3, 0.4) is 0 Å². The number of hydrogen-bond acceptors (Lipinski definition) is 4. The van der Waals surface area contributed by atoms with Crippen LogP contribution >= 0.6 is 0 Å². The molecule has 1 aromatic heterocycles. The van der Waals surface area contributed by atoms with E-state index in [0.29, 0.717) is 13.2 Å². The smallest absolute Gasteiger partial charge is 0.254 e. The summed E-state index contributed by atoms with van der Waals surface area (Å²) >= 11 is 0. The average Bonchev–Trinajstić information content (AvgIpc) is 2.47. The number of anilines is 1. The quantitative estimate of drug-likeness (QED) is 0.899. The number of carbonyl (C=O) groups excluding carboxylic acids is 1. The molecule has 0 bridgehead atoms. The first-order valence-corrected chi connectivity index (χ1v) is 6.68. The van der Waals surface area contributed by atoms with Crippen LogP contribution < -0.4 is 5.32 Å². The minimum absolute atomic E-state index is 0.0964. The molecule has 1 saturated heterocycles. The lowest BCUT2D eigenvalue weighted by Gasteiger charge is -2.29. The molecule has 1 N–H and O–H groups in total. The summed E-state index contributed by atoms with van der Waals surface area (Å²) in [5.74, 6) is -0.0964. The minimum atomic E-state index is -0.411. The lowest BCUT2D eigenvalue weighted by Crippen LogP contribution is -2.46. The molecule has 1 fully saturated rings. The van der Waals surface area contributed by atoms with E-state index in [1.54, 1.807) is 12.4 Å². The zero-order valence-corrected chi connectivity index (χ0v) is 11.4. The fourth-order valence-electron chi connectivity index (χ4n) is 2.38. The molecule has 0 aliphatic carbocycles. The Morgan fingerprint density at radius 3 is 3.20 bits per heavy atom. The normalized spacial score (nSPS) is 19.9. The van der Waals surface area contributed by atoms with Crippen LogP contribution in [0.15, 0.2) is 36.7 Å². The number of aromatic nitrogens is 1. The Bertz CT molecular complexity index is 624. The number of rotatable bonds is 2. The maximum atomic E-state index is 12.3. The Balaban J connectivity index is 1.80. The molecule has 0 saturated carbocycles. The topological polar surface area (TPSA) is 54.5 Å². The molecule has 1 aromatic carbocycles. The van der Waals surface area contributed by atoms with Gasteiger partial charge in [-0.25, -0.2) is 0 Å². The lowest BCUT2D eigenvalue weighted by atomic mass is 10.1. The Labute approximate surface area is 117 Å². The first-order chi connectivity index (χ1) is 9.74. The van der Waals surface area contributed by atoms with Gasteiger partial charge >= 0.3 is 0 Å². The number of nitrogens with one attached hydrogen (secondary N) is 1. The molecular formula is C15H17N3O2. The summed E-state index contributed by atoms with van der Waals surface area (Å²) < 4.78 is 5.53. The van der Waals surface area contributed by atoms with Crippen molar-refractivity contribution in [2.75, 3.05) is 32.1 Å². The number of ether oxygens (including phenoxy) is 1. The van der Waals surface area contributed by atoms with Crippen LogP contribution in [0.4, 0.5) is 5.69 Å². The highest BCUT2D eigenvalue weighted by molar-refractivity contribution is 6.03. The monoisotopic (exact) mass is 271 g/mol. The first-order valence-electron chi connectivity index (χ1n) is 6.68. The van der Waals surface area contributed by atoms with E-state index >= 15 is 0 Å². The first kappa shape index (κ1) is 13.0. The Kier molecular flexibility index (Phi) is 3.62. The lowest BCUT2D eigenvalue weighted by molar-refractivity contribution is -0.132. The van der Waals surface area contributed by atoms with Crippen LogP contribution in [0.1, 0.15) is 0 Å². The maximum absolute atomic E-state index is 12.3. The average molecular weight is 271 g/mol. The van der Waals surface area contributed by atoms with E-state index in [-0.39, 0.29) is 5.91 Å². The second-order valence-corrected chi connectivity index (χ2v) is 5.01. The molecule has 5 nitrogen and oxygen atoms in total. The van der Waals surface area contributed by atoms with Crippen molar-refractivity contribution >= 4 is 22.4 Å². The number of carbonyl (C=O) groups is 1. The van der Waals surface area contributed by atoms with Crippen LogP contribution in [0.5, 0.6) is 0 Å². The molecule has 1 aliphatic rings. The number of likely N-dealkylation sites (N-methyl/N-ethyl adjacent to an activating group) is 1. The minimum Gasteiger partial charge on any atom is -0.366 e. The van der Waals surface area contributed by atoms with Gasteiger partial charge in [0.2, 0.25) is 0 Å². The fraction of sp³-hybridized carbons (Fsp3) is 0.333. The van der Waals surface area contributed by atoms with Gasteiger partial charge in [-0.1, -0.05) is 12.1 Å². The van der Waals surface area contributed by atoms with E-state index in [1.165, 1.54) is 0 Å². The third kappa shape index (κ3) is 2.64. The predicted octanol–water partition coefficient (Wildman–Crippen LogP) is 1.50. The molecule has 1 aliphatic heterocycles. The third-order valence-electron chi connectivity index (χ3n) is 3.50. The maximum Gasteiger partial charge on any atom is 0.254 e. The molecule has 1 amide bonds. The van der Waals surface area contributed by atoms with Crippen LogP contribution in [0, 0.1) is 0 Å². The van der Waals surface area contributed by atoms with Crippen LogP contribution in [-0.4, -0.2) is 48.6 Å². The molecule has 2 aromatic rings. The molecule has 5 heteroatoms. The number of fused-ring (bicyclic) bond motifs is 1. The van der Waals surface area contributed by atoms with Crippen molar-refractivity contribution < 1.29 is 9.53 Å². The van der Waals surface area contributed by atoms with E-state index in [4.69, 9.17) is 4.74 Å². The largest absolute Gasteiger partial charge is 0.366 e. The molecule has 0 unspecified atom stereocenters.